The molecule has 0 aromatic heterocycles. The molecule has 1 aliphatic rings. The van der Waals surface area contributed by atoms with Crippen molar-refractivity contribution in [1.29, 1.82) is 0 Å². The number of carbonyl (C=O) groups excluding carboxylic acids is 2. The van der Waals surface area contributed by atoms with Gasteiger partial charge in [-0.15, -0.1) is 6.58 Å². The molecule has 6 nitrogen and oxygen atoms in total. The standard InChI is InChI=1S/C29H24BrFN2O4S/c1-3-7-20-14-19(16-25(36-4-2)26(20)37-17-18-10-12-21(30)13-11-18)15-22-27(34)32-29(38)33(28(22)35)24-9-6-5-8-23(24)31/h3,5-6,8-16H,1,4,7,17H2,2H3,(H,32,34,38)/b22-15+. The molecular weight excluding hydrogens is 571 g/mol. The quantitative estimate of drug-likeness (QED) is 0.140. The number of hydrogen-bond donors (Lipinski definition) is 1. The molecule has 1 fully saturated rings. The minimum Gasteiger partial charge on any atom is -0.490 e. The van der Waals surface area contributed by atoms with Crippen molar-refractivity contribution in [2.24, 2.45) is 0 Å². The number of amides is 2. The average Bonchev–Trinajstić information content (AvgIpc) is 2.88. The van der Waals surface area contributed by atoms with Gasteiger partial charge < -0.3 is 9.47 Å². The Kier molecular flexibility index (Phi) is 8.70. The van der Waals surface area contributed by atoms with Gasteiger partial charge in [0.05, 0.1) is 12.3 Å². The summed E-state index contributed by atoms with van der Waals surface area (Å²) in [5.74, 6) is -1.04. The SMILES string of the molecule is C=CCc1cc(/C=C2\C(=O)NC(=S)N(c3ccccc3F)C2=O)cc(OCC)c1OCc1ccc(Br)cc1. The van der Waals surface area contributed by atoms with Crippen molar-refractivity contribution >= 4 is 56.8 Å². The Morgan fingerprint density at radius 2 is 1.84 bits per heavy atom. The van der Waals surface area contributed by atoms with Crippen LogP contribution in [0.2, 0.25) is 0 Å². The zero-order chi connectivity index (χ0) is 27.2. The van der Waals surface area contributed by atoms with E-state index < -0.39 is 17.6 Å². The number of thiocarbonyl (C=S) groups is 1. The molecule has 0 atom stereocenters. The van der Waals surface area contributed by atoms with Crippen LogP contribution in [-0.2, 0) is 22.6 Å². The Bertz CT molecular complexity index is 1440. The maximum absolute atomic E-state index is 14.5. The first-order valence-electron chi connectivity index (χ1n) is 11.8. The lowest BCUT2D eigenvalue weighted by atomic mass is 10.0. The molecule has 38 heavy (non-hydrogen) atoms. The van der Waals surface area contributed by atoms with Gasteiger partial charge in [-0.2, -0.15) is 0 Å². The summed E-state index contributed by atoms with van der Waals surface area (Å²) in [7, 11) is 0. The van der Waals surface area contributed by atoms with Gasteiger partial charge in [-0.05, 0) is 79.2 Å². The highest BCUT2D eigenvalue weighted by Crippen LogP contribution is 2.36. The Morgan fingerprint density at radius 3 is 2.53 bits per heavy atom. The van der Waals surface area contributed by atoms with Crippen LogP contribution in [-0.4, -0.2) is 23.5 Å². The molecule has 3 aromatic rings. The van der Waals surface area contributed by atoms with Crippen molar-refractivity contribution in [2.75, 3.05) is 11.5 Å². The minimum absolute atomic E-state index is 0.0487. The lowest BCUT2D eigenvalue weighted by Crippen LogP contribution is -2.54. The number of carbonyl (C=O) groups is 2. The molecule has 0 radical (unpaired) electrons. The highest BCUT2D eigenvalue weighted by molar-refractivity contribution is 9.10. The number of nitrogens with one attached hydrogen (secondary N) is 1. The molecule has 1 N–H and O–H groups in total. The van der Waals surface area contributed by atoms with Crippen LogP contribution in [0.5, 0.6) is 11.5 Å². The first kappa shape index (κ1) is 27.2. The molecule has 1 saturated heterocycles. The topological polar surface area (TPSA) is 67.9 Å². The van der Waals surface area contributed by atoms with E-state index in [0.717, 1.165) is 20.5 Å². The second kappa shape index (κ2) is 12.1. The van der Waals surface area contributed by atoms with Crippen LogP contribution < -0.4 is 19.7 Å². The van der Waals surface area contributed by atoms with Gasteiger partial charge in [0.2, 0.25) is 0 Å². The Labute approximate surface area is 233 Å². The van der Waals surface area contributed by atoms with Crippen LogP contribution in [0.4, 0.5) is 10.1 Å². The summed E-state index contributed by atoms with van der Waals surface area (Å²) < 4.78 is 27.5. The summed E-state index contributed by atoms with van der Waals surface area (Å²) in [6.45, 7) is 6.37. The van der Waals surface area contributed by atoms with Crippen molar-refractivity contribution in [3.8, 4) is 11.5 Å². The zero-order valence-electron chi connectivity index (χ0n) is 20.5. The number of hydrogen-bond acceptors (Lipinski definition) is 5. The molecule has 1 aliphatic heterocycles. The normalized spacial score (nSPS) is 14.4. The van der Waals surface area contributed by atoms with E-state index in [9.17, 15) is 14.0 Å². The van der Waals surface area contributed by atoms with Crippen LogP contribution in [0.15, 0.2) is 83.4 Å². The molecular formula is C29H24BrFN2O4S. The smallest absolute Gasteiger partial charge is 0.270 e. The predicted molar refractivity (Wildman–Crippen MR) is 153 cm³/mol. The van der Waals surface area contributed by atoms with Gasteiger partial charge >= 0.3 is 0 Å². The first-order valence-corrected chi connectivity index (χ1v) is 13.0. The van der Waals surface area contributed by atoms with E-state index in [1.54, 1.807) is 24.3 Å². The number of allylic oxidation sites excluding steroid dienone is 1. The largest absolute Gasteiger partial charge is 0.490 e. The Hall–Kier alpha value is -3.82. The van der Waals surface area contributed by atoms with E-state index in [1.165, 1.54) is 24.3 Å². The molecule has 0 bridgehead atoms. The number of rotatable bonds is 9. The van der Waals surface area contributed by atoms with E-state index in [1.807, 2.05) is 31.2 Å². The molecule has 0 spiro atoms. The monoisotopic (exact) mass is 594 g/mol. The Morgan fingerprint density at radius 1 is 1.11 bits per heavy atom. The van der Waals surface area contributed by atoms with E-state index in [-0.39, 0.29) is 16.4 Å². The minimum atomic E-state index is -0.734. The fourth-order valence-electron chi connectivity index (χ4n) is 3.91. The molecule has 9 heteroatoms. The molecule has 2 amide bonds. The molecule has 3 aromatic carbocycles. The third-order valence-electron chi connectivity index (χ3n) is 5.62. The van der Waals surface area contributed by atoms with Crippen LogP contribution in [0.1, 0.15) is 23.6 Å². The summed E-state index contributed by atoms with van der Waals surface area (Å²) >= 11 is 8.60. The van der Waals surface area contributed by atoms with Gasteiger partial charge in [0.25, 0.3) is 11.8 Å². The van der Waals surface area contributed by atoms with E-state index in [0.29, 0.717) is 36.7 Å². The third kappa shape index (κ3) is 6.00. The summed E-state index contributed by atoms with van der Waals surface area (Å²) in [6.07, 6.45) is 3.62. The van der Waals surface area contributed by atoms with E-state index in [4.69, 9.17) is 21.7 Å². The lowest BCUT2D eigenvalue weighted by molar-refractivity contribution is -0.122. The number of benzene rings is 3. The summed E-state index contributed by atoms with van der Waals surface area (Å²) in [5, 5.41) is 2.28. The van der Waals surface area contributed by atoms with Gasteiger partial charge in [0.1, 0.15) is 18.0 Å². The van der Waals surface area contributed by atoms with Crippen molar-refractivity contribution in [3.05, 3.63) is 106 Å². The lowest BCUT2D eigenvalue weighted by Gasteiger charge is -2.29. The van der Waals surface area contributed by atoms with E-state index in [2.05, 4.69) is 27.8 Å². The number of halogens is 2. The second-order valence-corrected chi connectivity index (χ2v) is 9.56. The highest BCUT2D eigenvalue weighted by Gasteiger charge is 2.35. The van der Waals surface area contributed by atoms with Crippen molar-refractivity contribution < 1.29 is 23.5 Å². The van der Waals surface area contributed by atoms with Gasteiger partial charge in [0.15, 0.2) is 16.6 Å². The maximum atomic E-state index is 14.5. The summed E-state index contributed by atoms with van der Waals surface area (Å²) in [5.41, 5.74) is 2.02. The van der Waals surface area contributed by atoms with Crippen LogP contribution in [0, 0.1) is 5.82 Å². The number of para-hydroxylation sites is 1. The van der Waals surface area contributed by atoms with Crippen LogP contribution in [0.3, 0.4) is 0 Å². The zero-order valence-corrected chi connectivity index (χ0v) is 22.9. The predicted octanol–water partition coefficient (Wildman–Crippen LogP) is 6.13. The number of ether oxygens (including phenoxy) is 2. The first-order chi connectivity index (χ1) is 18.3. The van der Waals surface area contributed by atoms with Crippen LogP contribution >= 0.6 is 28.1 Å². The molecule has 0 aliphatic carbocycles. The molecule has 0 saturated carbocycles. The number of nitrogens with zero attached hydrogens (tertiary/aromatic N) is 1. The molecule has 0 unspecified atom stereocenters. The fourth-order valence-corrected chi connectivity index (χ4v) is 4.45. The maximum Gasteiger partial charge on any atom is 0.270 e. The fraction of sp³-hybridized carbons (Fsp3) is 0.138. The van der Waals surface area contributed by atoms with Gasteiger partial charge in [-0.3, -0.25) is 14.9 Å². The summed E-state index contributed by atoms with van der Waals surface area (Å²) in [4.78, 5) is 27.1. The molecule has 4 rings (SSSR count). The van der Waals surface area contributed by atoms with E-state index >= 15 is 0 Å². The summed E-state index contributed by atoms with van der Waals surface area (Å²) in [6, 6.07) is 17.0. The third-order valence-corrected chi connectivity index (χ3v) is 6.43. The average molecular weight is 595 g/mol. The van der Waals surface area contributed by atoms with Crippen molar-refractivity contribution in [1.82, 2.24) is 5.32 Å². The second-order valence-electron chi connectivity index (χ2n) is 8.26. The van der Waals surface area contributed by atoms with Crippen molar-refractivity contribution in [2.45, 2.75) is 20.0 Å². The molecule has 194 valence electrons. The Balaban J connectivity index is 1.72. The van der Waals surface area contributed by atoms with Gasteiger partial charge in [-0.1, -0.05) is 46.3 Å². The van der Waals surface area contributed by atoms with Crippen LogP contribution in [0.25, 0.3) is 6.08 Å². The van der Waals surface area contributed by atoms with Gasteiger partial charge in [0, 0.05) is 10.0 Å². The molecule has 1 heterocycles. The highest BCUT2D eigenvalue weighted by atomic mass is 79.9. The van der Waals surface area contributed by atoms with Crippen molar-refractivity contribution in [3.63, 3.8) is 0 Å². The van der Waals surface area contributed by atoms with Gasteiger partial charge in [-0.25, -0.2) is 9.29 Å². The number of anilines is 1.